The summed E-state index contributed by atoms with van der Waals surface area (Å²) in [5.74, 6) is 0.0320. The maximum absolute atomic E-state index is 13.1. The number of carbonyl (C=O) groups excluding carboxylic acids is 1. The molecule has 0 radical (unpaired) electrons. The van der Waals surface area contributed by atoms with E-state index in [0.29, 0.717) is 36.4 Å². The molecule has 2 aromatic carbocycles. The van der Waals surface area contributed by atoms with Crippen molar-refractivity contribution >= 4 is 17.1 Å². The lowest BCUT2D eigenvalue weighted by atomic mass is 9.99. The highest BCUT2D eigenvalue weighted by molar-refractivity contribution is 5.83. The van der Waals surface area contributed by atoms with E-state index < -0.39 is 5.63 Å². The first-order chi connectivity index (χ1) is 14.0. The fourth-order valence-corrected chi connectivity index (χ4v) is 3.69. The van der Waals surface area contributed by atoms with Gasteiger partial charge in [-0.05, 0) is 61.6 Å². The Morgan fingerprint density at radius 1 is 1.10 bits per heavy atom. The molecule has 1 fully saturated rings. The van der Waals surface area contributed by atoms with E-state index in [4.69, 9.17) is 9.15 Å². The molecular weight excluding hydrogens is 373 g/mol. The van der Waals surface area contributed by atoms with Crippen molar-refractivity contribution in [2.75, 3.05) is 13.1 Å². The van der Waals surface area contributed by atoms with Gasteiger partial charge in [0.05, 0.1) is 0 Å². The Morgan fingerprint density at radius 2 is 1.83 bits per heavy atom. The van der Waals surface area contributed by atoms with E-state index in [1.165, 1.54) is 12.1 Å². The van der Waals surface area contributed by atoms with Crippen LogP contribution >= 0.6 is 0 Å². The summed E-state index contributed by atoms with van der Waals surface area (Å²) in [4.78, 5) is 26.5. The fraction of sp³-hybridized carbons (Fsp3) is 0.304. The van der Waals surface area contributed by atoms with Crippen molar-refractivity contribution in [2.24, 2.45) is 0 Å². The van der Waals surface area contributed by atoms with Crippen molar-refractivity contribution in [1.82, 2.24) is 4.90 Å². The summed E-state index contributed by atoms with van der Waals surface area (Å²) in [6, 6.07) is 11.1. The molecule has 0 saturated carbocycles. The van der Waals surface area contributed by atoms with Gasteiger partial charge in [0.1, 0.15) is 17.1 Å². The average Bonchev–Trinajstić information content (AvgIpc) is 2.73. The lowest BCUT2D eigenvalue weighted by Gasteiger charge is -2.25. The largest absolute Gasteiger partial charge is 0.422 e. The predicted molar refractivity (Wildman–Crippen MR) is 108 cm³/mol. The zero-order valence-corrected chi connectivity index (χ0v) is 16.2. The molecule has 3 aromatic rings. The lowest BCUT2D eigenvalue weighted by Crippen LogP contribution is -2.37. The monoisotopic (exact) mass is 395 g/mol. The first-order valence-electron chi connectivity index (χ1n) is 9.79. The number of aryl methyl sites for hydroxylation is 1. The molecule has 1 aromatic heterocycles. The van der Waals surface area contributed by atoms with E-state index in [2.05, 4.69) is 0 Å². The molecule has 1 saturated heterocycles. The van der Waals surface area contributed by atoms with Gasteiger partial charge in [-0.15, -0.1) is 0 Å². The molecule has 0 aliphatic carbocycles. The molecule has 1 aliphatic rings. The van der Waals surface area contributed by atoms with Gasteiger partial charge in [0.2, 0.25) is 0 Å². The number of carbonyl (C=O) groups is 1. The zero-order valence-electron chi connectivity index (χ0n) is 16.2. The van der Waals surface area contributed by atoms with Crippen LogP contribution in [0.15, 0.2) is 51.7 Å². The normalized spacial score (nSPS) is 14.2. The Bertz CT molecular complexity index is 1100. The van der Waals surface area contributed by atoms with Crippen LogP contribution in [0.2, 0.25) is 0 Å². The minimum Gasteiger partial charge on any atom is -0.422 e. The van der Waals surface area contributed by atoms with Crippen LogP contribution in [0.5, 0.6) is 5.75 Å². The summed E-state index contributed by atoms with van der Waals surface area (Å²) >= 11 is 0. The second-order valence-corrected chi connectivity index (χ2v) is 7.37. The van der Waals surface area contributed by atoms with Crippen LogP contribution in [0.25, 0.3) is 11.0 Å². The van der Waals surface area contributed by atoms with Crippen molar-refractivity contribution in [2.45, 2.75) is 32.6 Å². The van der Waals surface area contributed by atoms with Gasteiger partial charge in [-0.3, -0.25) is 0 Å². The molecule has 0 bridgehead atoms. The lowest BCUT2D eigenvalue weighted by molar-refractivity contribution is 0.142. The number of nitrogens with zero attached hydrogens (tertiary/aromatic N) is 1. The highest BCUT2D eigenvalue weighted by Gasteiger charge is 2.19. The van der Waals surface area contributed by atoms with E-state index in [0.717, 1.165) is 35.8 Å². The first kappa shape index (κ1) is 19.2. The molecule has 1 aliphatic heterocycles. The van der Waals surface area contributed by atoms with Gasteiger partial charge in [0.25, 0.3) is 0 Å². The van der Waals surface area contributed by atoms with Gasteiger partial charge in [-0.1, -0.05) is 12.1 Å². The quantitative estimate of drug-likeness (QED) is 0.597. The highest BCUT2D eigenvalue weighted by Crippen LogP contribution is 2.26. The van der Waals surface area contributed by atoms with Crippen molar-refractivity contribution in [3.63, 3.8) is 0 Å². The number of piperidine rings is 1. The third-order valence-corrected chi connectivity index (χ3v) is 5.37. The van der Waals surface area contributed by atoms with E-state index in [1.54, 1.807) is 35.2 Å². The Kier molecular flexibility index (Phi) is 5.34. The number of likely N-dealkylation sites (tertiary alicyclic amines) is 1. The molecular formula is C23H22FNO4. The van der Waals surface area contributed by atoms with E-state index in [9.17, 15) is 14.0 Å². The molecule has 0 atom stereocenters. The Balaban J connectivity index is 1.60. The summed E-state index contributed by atoms with van der Waals surface area (Å²) < 4.78 is 24.1. The minimum atomic E-state index is -0.446. The van der Waals surface area contributed by atoms with Gasteiger partial charge in [0, 0.05) is 36.5 Å². The summed E-state index contributed by atoms with van der Waals surface area (Å²) in [6.07, 6.45) is 3.08. The molecule has 150 valence electrons. The van der Waals surface area contributed by atoms with Gasteiger partial charge in [-0.2, -0.15) is 0 Å². The molecule has 0 N–H and O–H groups in total. The summed E-state index contributed by atoms with van der Waals surface area (Å²) in [6.45, 7) is 3.26. The molecule has 0 unspecified atom stereocenters. The van der Waals surface area contributed by atoms with Crippen molar-refractivity contribution in [1.29, 1.82) is 0 Å². The number of fused-ring (bicyclic) bond motifs is 1. The zero-order chi connectivity index (χ0) is 20.4. The molecule has 29 heavy (non-hydrogen) atoms. The van der Waals surface area contributed by atoms with Crippen molar-refractivity contribution < 1.29 is 18.3 Å². The second-order valence-electron chi connectivity index (χ2n) is 7.37. The summed E-state index contributed by atoms with van der Waals surface area (Å²) in [7, 11) is 0. The molecule has 2 heterocycles. The number of halogens is 1. The minimum absolute atomic E-state index is 0.317. The SMILES string of the molecule is Cc1c(Cc2ccc(F)cc2)c(=O)oc2cc(OC(=O)N3CCCCC3)ccc12. The Morgan fingerprint density at radius 3 is 2.55 bits per heavy atom. The van der Waals surface area contributed by atoms with Crippen LogP contribution < -0.4 is 10.4 Å². The van der Waals surface area contributed by atoms with Gasteiger partial charge in [0.15, 0.2) is 0 Å². The molecule has 0 spiro atoms. The fourth-order valence-electron chi connectivity index (χ4n) is 3.69. The van der Waals surface area contributed by atoms with Gasteiger partial charge >= 0.3 is 11.7 Å². The van der Waals surface area contributed by atoms with E-state index >= 15 is 0 Å². The number of rotatable bonds is 3. The van der Waals surface area contributed by atoms with Gasteiger partial charge < -0.3 is 14.1 Å². The van der Waals surface area contributed by atoms with Crippen LogP contribution in [0.3, 0.4) is 0 Å². The number of hydrogen-bond acceptors (Lipinski definition) is 4. The third-order valence-electron chi connectivity index (χ3n) is 5.37. The van der Waals surface area contributed by atoms with Crippen LogP contribution in [0.4, 0.5) is 9.18 Å². The number of hydrogen-bond donors (Lipinski definition) is 0. The van der Waals surface area contributed by atoms with E-state index in [1.807, 2.05) is 6.92 Å². The molecule has 6 heteroatoms. The van der Waals surface area contributed by atoms with Gasteiger partial charge in [-0.25, -0.2) is 14.0 Å². The highest BCUT2D eigenvalue weighted by atomic mass is 19.1. The number of benzene rings is 2. The van der Waals surface area contributed by atoms with Crippen LogP contribution in [-0.2, 0) is 6.42 Å². The smallest absolute Gasteiger partial charge is 0.415 e. The maximum atomic E-state index is 13.1. The predicted octanol–water partition coefficient (Wildman–Crippen LogP) is 4.82. The van der Waals surface area contributed by atoms with Crippen molar-refractivity contribution in [3.8, 4) is 5.75 Å². The van der Waals surface area contributed by atoms with E-state index in [-0.39, 0.29) is 11.9 Å². The summed E-state index contributed by atoms with van der Waals surface area (Å²) in [5.41, 5.74) is 2.09. The molecule has 1 amide bonds. The number of ether oxygens (including phenoxy) is 1. The topological polar surface area (TPSA) is 59.8 Å². The Labute approximate surface area is 167 Å². The number of amides is 1. The average molecular weight is 395 g/mol. The second kappa shape index (κ2) is 8.07. The third kappa shape index (κ3) is 4.16. The van der Waals surface area contributed by atoms with Crippen LogP contribution in [0.1, 0.15) is 36.0 Å². The molecule has 5 nitrogen and oxygen atoms in total. The van der Waals surface area contributed by atoms with Crippen LogP contribution in [0, 0.1) is 12.7 Å². The summed E-state index contributed by atoms with van der Waals surface area (Å²) in [5, 5.41) is 0.777. The standard InChI is InChI=1S/C23H22FNO4/c1-15-19-10-9-18(28-23(27)25-11-3-2-4-12-25)14-21(19)29-22(26)20(15)13-16-5-7-17(24)8-6-16/h5-10,14H,2-4,11-13H2,1H3. The van der Waals surface area contributed by atoms with Crippen molar-refractivity contribution in [3.05, 3.63) is 75.4 Å². The first-order valence-corrected chi connectivity index (χ1v) is 9.79. The van der Waals surface area contributed by atoms with Crippen LogP contribution in [-0.4, -0.2) is 24.1 Å². The molecule has 4 rings (SSSR count). The Hall–Kier alpha value is -3.15. The maximum Gasteiger partial charge on any atom is 0.415 e.